The van der Waals surface area contributed by atoms with Gasteiger partial charge in [0, 0.05) is 0 Å². The zero-order chi connectivity index (χ0) is 28.5. The number of hydrogen-bond acceptors (Lipinski definition) is 5. The predicted molar refractivity (Wildman–Crippen MR) is 159 cm³/mol. The van der Waals surface area contributed by atoms with Crippen LogP contribution in [0.5, 0.6) is 5.75 Å². The molecule has 1 amide bonds. The summed E-state index contributed by atoms with van der Waals surface area (Å²) >= 11 is 11.8. The molecule has 0 bridgehead atoms. The molecule has 0 fully saturated rings. The maximum atomic E-state index is 13.0. The number of unbranched alkanes of at least 4 members (excludes halogenated alkanes) is 13. The summed E-state index contributed by atoms with van der Waals surface area (Å²) in [4.78, 5) is 17.7. The minimum absolute atomic E-state index is 0.0482. The fourth-order valence-electron chi connectivity index (χ4n) is 4.26. The molecule has 0 heterocycles. The van der Waals surface area contributed by atoms with E-state index in [1.165, 1.54) is 101 Å². The van der Waals surface area contributed by atoms with Gasteiger partial charge in [0.05, 0.1) is 27.9 Å². The van der Waals surface area contributed by atoms with Gasteiger partial charge in [-0.2, -0.15) is 0 Å². The van der Waals surface area contributed by atoms with Crippen molar-refractivity contribution in [1.82, 2.24) is 5.48 Å². The zero-order valence-corrected chi connectivity index (χ0v) is 25.1. The highest BCUT2D eigenvalue weighted by molar-refractivity contribution is 7.92. The molecule has 0 saturated carbocycles. The maximum absolute atomic E-state index is 13.0. The summed E-state index contributed by atoms with van der Waals surface area (Å²) in [5, 5.41) is 9.48. The van der Waals surface area contributed by atoms with E-state index >= 15 is 0 Å². The van der Waals surface area contributed by atoms with Gasteiger partial charge in [-0.3, -0.25) is 14.4 Å². The quantitative estimate of drug-likeness (QED) is 0.0801. The second-order valence-corrected chi connectivity index (χ2v) is 12.2. The molecule has 2 rings (SSSR count). The van der Waals surface area contributed by atoms with E-state index < -0.39 is 15.9 Å². The molecule has 39 heavy (non-hydrogen) atoms. The number of sulfonamides is 1. The third kappa shape index (κ3) is 12.4. The second kappa shape index (κ2) is 18.4. The minimum Gasteiger partial charge on any atom is -0.505 e. The average Bonchev–Trinajstić information content (AvgIpc) is 2.91. The Morgan fingerprint density at radius 3 is 1.85 bits per heavy atom. The number of anilines is 1. The average molecular weight is 602 g/mol. The molecular formula is C29H42Cl2N2O5S. The van der Waals surface area contributed by atoms with E-state index in [0.717, 1.165) is 19.3 Å². The van der Waals surface area contributed by atoms with E-state index in [1.54, 1.807) is 6.07 Å². The largest absolute Gasteiger partial charge is 0.505 e. The number of benzene rings is 2. The molecule has 0 aliphatic rings. The van der Waals surface area contributed by atoms with Crippen molar-refractivity contribution in [3.8, 4) is 5.75 Å². The number of nitrogens with one attached hydrogen (secondary N) is 2. The molecule has 0 aliphatic heterocycles. The minimum atomic E-state index is -4.16. The van der Waals surface area contributed by atoms with Gasteiger partial charge < -0.3 is 5.11 Å². The van der Waals surface area contributed by atoms with Crippen LogP contribution in [0.15, 0.2) is 41.3 Å². The molecule has 7 nitrogen and oxygen atoms in total. The smallest absolute Gasteiger partial charge is 0.276 e. The summed E-state index contributed by atoms with van der Waals surface area (Å²) in [6, 6.07) is 8.24. The highest BCUT2D eigenvalue weighted by Crippen LogP contribution is 2.35. The number of hydroxylamine groups is 1. The third-order valence-electron chi connectivity index (χ3n) is 6.46. The van der Waals surface area contributed by atoms with Gasteiger partial charge in [-0.05, 0) is 30.7 Å². The Morgan fingerprint density at radius 2 is 1.31 bits per heavy atom. The molecule has 218 valence electrons. The van der Waals surface area contributed by atoms with Crippen molar-refractivity contribution in [2.75, 3.05) is 11.3 Å². The molecular weight excluding hydrogens is 559 g/mol. The summed E-state index contributed by atoms with van der Waals surface area (Å²) in [5.41, 5.74) is 2.32. The van der Waals surface area contributed by atoms with E-state index in [0.29, 0.717) is 6.61 Å². The Morgan fingerprint density at radius 1 is 0.821 bits per heavy atom. The number of carbonyl (C=O) groups excluding carboxylic acids is 1. The van der Waals surface area contributed by atoms with Gasteiger partial charge >= 0.3 is 0 Å². The number of phenolic OH excluding ortho intramolecular Hbond substituents is 1. The Labute approximate surface area is 243 Å². The monoisotopic (exact) mass is 600 g/mol. The van der Waals surface area contributed by atoms with Crippen LogP contribution in [-0.2, 0) is 14.9 Å². The van der Waals surface area contributed by atoms with Crippen LogP contribution in [0.25, 0.3) is 0 Å². The molecule has 0 saturated heterocycles. The Kier molecular flexibility index (Phi) is 15.6. The first-order valence-corrected chi connectivity index (χ1v) is 16.2. The van der Waals surface area contributed by atoms with Gasteiger partial charge in [-0.1, -0.05) is 126 Å². The molecule has 2 aromatic rings. The van der Waals surface area contributed by atoms with Crippen molar-refractivity contribution >= 4 is 44.8 Å². The van der Waals surface area contributed by atoms with Crippen LogP contribution >= 0.6 is 23.2 Å². The molecule has 10 heteroatoms. The SMILES string of the molecule is CCCCCCCCCCCCCCCCONC(=O)c1ccccc1S(=O)(=O)Nc1cc(Cl)c(O)c(Cl)c1. The summed E-state index contributed by atoms with van der Waals surface area (Å²) in [6.45, 7) is 2.60. The van der Waals surface area contributed by atoms with Crippen molar-refractivity contribution in [2.24, 2.45) is 0 Å². The highest BCUT2D eigenvalue weighted by Gasteiger charge is 2.23. The topological polar surface area (TPSA) is 105 Å². The first kappa shape index (κ1) is 33.2. The summed E-state index contributed by atoms with van der Waals surface area (Å²) in [7, 11) is -4.16. The lowest BCUT2D eigenvalue weighted by atomic mass is 10.0. The zero-order valence-electron chi connectivity index (χ0n) is 22.8. The van der Waals surface area contributed by atoms with Crippen LogP contribution in [-0.4, -0.2) is 26.0 Å². The number of rotatable bonds is 20. The number of carbonyl (C=O) groups is 1. The van der Waals surface area contributed by atoms with Crippen LogP contribution in [0.3, 0.4) is 0 Å². The lowest BCUT2D eigenvalue weighted by Crippen LogP contribution is -2.27. The maximum Gasteiger partial charge on any atom is 0.276 e. The summed E-state index contributed by atoms with van der Waals surface area (Å²) < 4.78 is 28.3. The van der Waals surface area contributed by atoms with Crippen LogP contribution in [0.4, 0.5) is 5.69 Å². The van der Waals surface area contributed by atoms with Crippen molar-refractivity contribution < 1.29 is 23.2 Å². The number of amides is 1. The molecule has 0 aromatic heterocycles. The van der Waals surface area contributed by atoms with Crippen molar-refractivity contribution in [1.29, 1.82) is 0 Å². The predicted octanol–water partition coefficient (Wildman–Crippen LogP) is 8.64. The highest BCUT2D eigenvalue weighted by atomic mass is 35.5. The third-order valence-corrected chi connectivity index (χ3v) is 8.47. The molecule has 0 aliphatic carbocycles. The van der Waals surface area contributed by atoms with Crippen LogP contribution in [0.2, 0.25) is 10.0 Å². The Bertz CT molecular complexity index is 1110. The second-order valence-electron chi connectivity index (χ2n) is 9.77. The number of aromatic hydroxyl groups is 1. The van der Waals surface area contributed by atoms with E-state index in [2.05, 4.69) is 17.1 Å². The van der Waals surface area contributed by atoms with Crippen molar-refractivity contribution in [2.45, 2.75) is 102 Å². The van der Waals surface area contributed by atoms with Crippen LogP contribution in [0.1, 0.15) is 107 Å². The standard InChI is InChI=1S/C29H42Cl2N2O5S/c1-2-3-4-5-6-7-8-9-10-11-12-13-14-17-20-38-32-29(35)24-18-15-16-19-27(24)39(36,37)33-23-21-25(30)28(34)26(31)22-23/h15-16,18-19,21-22,33-34H,2-14,17,20H2,1H3,(H,32,35). The number of hydrogen-bond donors (Lipinski definition) is 3. The van der Waals surface area contributed by atoms with Gasteiger partial charge in [-0.15, -0.1) is 0 Å². The fourth-order valence-corrected chi connectivity index (χ4v) is 6.00. The first-order valence-electron chi connectivity index (χ1n) is 14.0. The first-order chi connectivity index (χ1) is 18.8. The van der Waals surface area contributed by atoms with Crippen molar-refractivity contribution in [3.05, 3.63) is 52.0 Å². The fraction of sp³-hybridized carbons (Fsp3) is 0.552. The normalized spacial score (nSPS) is 11.5. The summed E-state index contributed by atoms with van der Waals surface area (Å²) in [6.07, 6.45) is 17.6. The van der Waals surface area contributed by atoms with Gasteiger partial charge in [0.25, 0.3) is 15.9 Å². The van der Waals surface area contributed by atoms with Gasteiger partial charge in [-0.25, -0.2) is 13.9 Å². The number of halogens is 2. The molecule has 0 spiro atoms. The lowest BCUT2D eigenvalue weighted by molar-refractivity contribution is 0.0294. The van der Waals surface area contributed by atoms with E-state index in [4.69, 9.17) is 28.0 Å². The van der Waals surface area contributed by atoms with Crippen LogP contribution in [0, 0.1) is 0 Å². The van der Waals surface area contributed by atoms with E-state index in [9.17, 15) is 18.3 Å². The van der Waals surface area contributed by atoms with Gasteiger partial charge in [0.2, 0.25) is 0 Å². The van der Waals surface area contributed by atoms with Gasteiger partial charge in [0.15, 0.2) is 5.75 Å². The van der Waals surface area contributed by atoms with Gasteiger partial charge in [0.1, 0.15) is 4.90 Å². The molecule has 3 N–H and O–H groups in total. The lowest BCUT2D eigenvalue weighted by Gasteiger charge is -2.13. The molecule has 2 aromatic carbocycles. The van der Waals surface area contributed by atoms with E-state index in [-0.39, 0.29) is 31.9 Å². The summed E-state index contributed by atoms with van der Waals surface area (Å²) in [5.74, 6) is -1.01. The molecule has 0 atom stereocenters. The molecule has 0 radical (unpaired) electrons. The number of phenols is 1. The van der Waals surface area contributed by atoms with Crippen molar-refractivity contribution in [3.63, 3.8) is 0 Å². The van der Waals surface area contributed by atoms with E-state index in [1.807, 2.05) is 0 Å². The molecule has 0 unspecified atom stereocenters. The Balaban J connectivity index is 1.66. The van der Waals surface area contributed by atoms with Crippen LogP contribution < -0.4 is 10.2 Å². The Hall–Kier alpha value is -2.00.